The number of halogens is 1. The first kappa shape index (κ1) is 16.5. The second kappa shape index (κ2) is 6.72. The van der Waals surface area contributed by atoms with Crippen LogP contribution in [0.1, 0.15) is 24.7 Å². The van der Waals surface area contributed by atoms with Gasteiger partial charge in [-0.2, -0.15) is 0 Å². The predicted octanol–water partition coefficient (Wildman–Crippen LogP) is 1.66. The summed E-state index contributed by atoms with van der Waals surface area (Å²) >= 11 is 0. The normalized spacial score (nSPS) is 12.0. The van der Waals surface area contributed by atoms with Crippen LogP contribution in [0.15, 0.2) is 18.2 Å². The zero-order chi connectivity index (χ0) is 14.0. The topological polar surface area (TPSA) is 72.9 Å². The quantitative estimate of drug-likeness (QED) is 0.901. The fourth-order valence-corrected chi connectivity index (χ4v) is 2.21. The Balaban J connectivity index is 0.00000200. The molecule has 1 atom stereocenters. The predicted molar refractivity (Wildman–Crippen MR) is 82.8 cm³/mol. The summed E-state index contributed by atoms with van der Waals surface area (Å²) in [7, 11) is 1.97. The lowest BCUT2D eigenvalue weighted by atomic mass is 10.2. The Labute approximate surface area is 125 Å². The van der Waals surface area contributed by atoms with Gasteiger partial charge in [0, 0.05) is 19.5 Å². The maximum absolute atomic E-state index is 11.6. The maximum atomic E-state index is 11.6. The van der Waals surface area contributed by atoms with Crippen molar-refractivity contribution in [3.8, 4) is 0 Å². The van der Waals surface area contributed by atoms with E-state index in [2.05, 4.69) is 23.3 Å². The monoisotopic (exact) mass is 296 g/mol. The molecule has 6 heteroatoms. The molecule has 0 bridgehead atoms. The zero-order valence-corrected chi connectivity index (χ0v) is 12.8. The van der Waals surface area contributed by atoms with E-state index in [0.29, 0.717) is 13.0 Å². The van der Waals surface area contributed by atoms with Gasteiger partial charge < -0.3 is 15.6 Å². The van der Waals surface area contributed by atoms with Gasteiger partial charge in [0.15, 0.2) is 0 Å². The Hall–Kier alpha value is -1.59. The van der Waals surface area contributed by atoms with E-state index in [1.807, 2.05) is 30.7 Å². The fourth-order valence-electron chi connectivity index (χ4n) is 2.21. The van der Waals surface area contributed by atoms with E-state index >= 15 is 0 Å². The second-order valence-corrected chi connectivity index (χ2v) is 4.99. The lowest BCUT2D eigenvalue weighted by Gasteiger charge is -2.07. The van der Waals surface area contributed by atoms with Crippen LogP contribution in [0.3, 0.4) is 0 Å². The fraction of sp³-hybridized carbons (Fsp3) is 0.429. The van der Waals surface area contributed by atoms with Gasteiger partial charge in [-0.05, 0) is 25.5 Å². The number of nitrogens with two attached hydrogens (primary N) is 1. The highest BCUT2D eigenvalue weighted by Crippen LogP contribution is 2.18. The Morgan fingerprint density at radius 2 is 2.20 bits per heavy atom. The van der Waals surface area contributed by atoms with Crippen LogP contribution >= 0.6 is 12.4 Å². The van der Waals surface area contributed by atoms with Gasteiger partial charge in [0.05, 0.1) is 17.6 Å². The summed E-state index contributed by atoms with van der Waals surface area (Å²) in [5.74, 6) is 0.807. The number of aromatic nitrogens is 2. The van der Waals surface area contributed by atoms with Crippen LogP contribution < -0.4 is 11.1 Å². The molecule has 0 aliphatic rings. The molecule has 20 heavy (non-hydrogen) atoms. The van der Waals surface area contributed by atoms with E-state index in [1.165, 1.54) is 5.56 Å². The third-order valence-electron chi connectivity index (χ3n) is 3.14. The number of benzene rings is 1. The van der Waals surface area contributed by atoms with Gasteiger partial charge in [0.2, 0.25) is 5.91 Å². The number of hydrogen-bond acceptors (Lipinski definition) is 3. The molecule has 2 rings (SSSR count). The highest BCUT2D eigenvalue weighted by atomic mass is 35.5. The Morgan fingerprint density at radius 3 is 2.80 bits per heavy atom. The number of aryl methyl sites for hydroxylation is 2. The number of fused-ring (bicyclic) bond motifs is 1. The minimum atomic E-state index is -0.123. The van der Waals surface area contributed by atoms with Crippen molar-refractivity contribution in [2.45, 2.75) is 32.9 Å². The van der Waals surface area contributed by atoms with E-state index < -0.39 is 0 Å². The highest BCUT2D eigenvalue weighted by Gasteiger charge is 2.11. The molecule has 5 nitrogen and oxygen atoms in total. The Morgan fingerprint density at radius 1 is 1.50 bits per heavy atom. The van der Waals surface area contributed by atoms with Gasteiger partial charge in [-0.25, -0.2) is 4.98 Å². The first-order valence-electron chi connectivity index (χ1n) is 6.42. The summed E-state index contributed by atoms with van der Waals surface area (Å²) in [6, 6.07) is 5.91. The molecule has 1 unspecified atom stereocenters. The summed E-state index contributed by atoms with van der Waals surface area (Å²) in [6.07, 6.45) is 0.336. The second-order valence-electron chi connectivity index (χ2n) is 4.99. The van der Waals surface area contributed by atoms with Crippen LogP contribution in [-0.2, 0) is 18.4 Å². The van der Waals surface area contributed by atoms with Crippen molar-refractivity contribution in [3.05, 3.63) is 29.6 Å². The van der Waals surface area contributed by atoms with Crippen LogP contribution in [0, 0.1) is 6.92 Å². The number of imidazole rings is 1. The molecule has 1 aromatic carbocycles. The molecule has 0 aliphatic heterocycles. The molecule has 1 amide bonds. The molecule has 1 heterocycles. The summed E-state index contributed by atoms with van der Waals surface area (Å²) in [5.41, 5.74) is 8.84. The van der Waals surface area contributed by atoms with Crippen molar-refractivity contribution < 1.29 is 4.79 Å². The first-order valence-corrected chi connectivity index (χ1v) is 6.42. The molecule has 0 radical (unpaired) electrons. The average Bonchev–Trinajstić information content (AvgIpc) is 2.64. The number of carbonyl (C=O) groups excluding carboxylic acids is 1. The molecule has 2 aromatic rings. The van der Waals surface area contributed by atoms with E-state index in [0.717, 1.165) is 16.9 Å². The maximum Gasteiger partial charge on any atom is 0.221 e. The number of nitrogens with zero attached hydrogens (tertiary/aromatic N) is 2. The molecule has 0 spiro atoms. The number of para-hydroxylation sites is 1. The van der Waals surface area contributed by atoms with E-state index in [-0.39, 0.29) is 24.4 Å². The van der Waals surface area contributed by atoms with Gasteiger partial charge in [-0.3, -0.25) is 4.79 Å². The van der Waals surface area contributed by atoms with Crippen molar-refractivity contribution in [3.63, 3.8) is 0 Å². The van der Waals surface area contributed by atoms with E-state index in [4.69, 9.17) is 5.73 Å². The minimum Gasteiger partial charge on any atom is -0.349 e. The van der Waals surface area contributed by atoms with Gasteiger partial charge in [-0.15, -0.1) is 12.4 Å². The zero-order valence-electron chi connectivity index (χ0n) is 12.0. The van der Waals surface area contributed by atoms with Gasteiger partial charge in [-0.1, -0.05) is 12.1 Å². The van der Waals surface area contributed by atoms with Crippen molar-refractivity contribution in [1.82, 2.24) is 14.9 Å². The smallest absolute Gasteiger partial charge is 0.221 e. The average molecular weight is 297 g/mol. The van der Waals surface area contributed by atoms with Crippen molar-refractivity contribution >= 4 is 29.3 Å². The first-order chi connectivity index (χ1) is 8.99. The molecule has 0 saturated carbocycles. The number of rotatable bonds is 4. The Kier molecular flexibility index (Phi) is 5.53. The molecule has 1 aromatic heterocycles. The van der Waals surface area contributed by atoms with E-state index in [1.54, 1.807) is 0 Å². The van der Waals surface area contributed by atoms with Gasteiger partial charge in [0.25, 0.3) is 0 Å². The standard InChI is InChI=1S/C14H20N4O.ClH/c1-9-5-4-6-11-14(9)18(3)12(17-11)8-16-13(19)7-10(2)15;/h4-6,10H,7-8,15H2,1-3H3,(H,16,19);1H. The number of amides is 1. The molecule has 0 fully saturated rings. The summed E-state index contributed by atoms with van der Waals surface area (Å²) in [5, 5.41) is 2.85. The third kappa shape index (κ3) is 3.49. The summed E-state index contributed by atoms with van der Waals surface area (Å²) in [6.45, 7) is 4.30. The van der Waals surface area contributed by atoms with Crippen molar-refractivity contribution in [1.29, 1.82) is 0 Å². The Bertz CT molecular complexity index is 606. The SMILES string of the molecule is Cc1cccc2nc(CNC(=O)CC(C)N)n(C)c12.Cl. The van der Waals surface area contributed by atoms with Gasteiger partial charge in [0.1, 0.15) is 5.82 Å². The lowest BCUT2D eigenvalue weighted by Crippen LogP contribution is -2.30. The largest absolute Gasteiger partial charge is 0.349 e. The van der Waals surface area contributed by atoms with Crippen LogP contribution in [-0.4, -0.2) is 21.5 Å². The number of nitrogens with one attached hydrogen (secondary N) is 1. The summed E-state index contributed by atoms with van der Waals surface area (Å²) < 4.78 is 2.02. The highest BCUT2D eigenvalue weighted by molar-refractivity contribution is 5.85. The van der Waals surface area contributed by atoms with E-state index in [9.17, 15) is 4.79 Å². The van der Waals surface area contributed by atoms with Crippen LogP contribution in [0.5, 0.6) is 0 Å². The molecule has 110 valence electrons. The lowest BCUT2D eigenvalue weighted by molar-refractivity contribution is -0.121. The van der Waals surface area contributed by atoms with Crippen LogP contribution in [0.2, 0.25) is 0 Å². The number of hydrogen-bond donors (Lipinski definition) is 2. The molecule has 3 N–H and O–H groups in total. The van der Waals surface area contributed by atoms with Crippen molar-refractivity contribution in [2.24, 2.45) is 12.8 Å². The molecular weight excluding hydrogens is 276 g/mol. The molecule has 0 saturated heterocycles. The molecule has 0 aliphatic carbocycles. The van der Waals surface area contributed by atoms with Crippen LogP contribution in [0.25, 0.3) is 11.0 Å². The summed E-state index contributed by atoms with van der Waals surface area (Å²) in [4.78, 5) is 16.1. The minimum absolute atomic E-state index is 0. The third-order valence-corrected chi connectivity index (χ3v) is 3.14. The van der Waals surface area contributed by atoms with Crippen molar-refractivity contribution in [2.75, 3.05) is 0 Å². The molecular formula is C14H21ClN4O. The number of carbonyl (C=O) groups is 1. The van der Waals surface area contributed by atoms with Crippen LogP contribution in [0.4, 0.5) is 0 Å². The van der Waals surface area contributed by atoms with Gasteiger partial charge >= 0.3 is 0 Å².